The number of nitrogens with zero attached hydrogens (tertiary/aromatic N) is 3. The lowest BCUT2D eigenvalue weighted by Crippen LogP contribution is -2.17. The number of hydrogen-bond donors (Lipinski definition) is 2. The van der Waals surface area contributed by atoms with E-state index in [0.29, 0.717) is 38.8 Å². The Labute approximate surface area is 148 Å². The monoisotopic (exact) mass is 355 g/mol. The molecule has 25 heavy (non-hydrogen) atoms. The SMILES string of the molecule is CC(C)OC(=O)Nc1ccc(Cl)c(-c2nc3ncc(C#N)cc3[nH]2)c1. The molecule has 0 bridgehead atoms. The number of pyridine rings is 1. The summed E-state index contributed by atoms with van der Waals surface area (Å²) in [5, 5.41) is 12.1. The number of carbonyl (C=O) groups is 1. The molecule has 0 aliphatic heterocycles. The summed E-state index contributed by atoms with van der Waals surface area (Å²) in [6.45, 7) is 3.54. The van der Waals surface area contributed by atoms with E-state index in [2.05, 4.69) is 20.3 Å². The predicted molar refractivity (Wildman–Crippen MR) is 94.3 cm³/mol. The number of halogens is 1. The summed E-state index contributed by atoms with van der Waals surface area (Å²) >= 11 is 6.26. The molecule has 2 aromatic heterocycles. The first-order chi connectivity index (χ1) is 12.0. The van der Waals surface area contributed by atoms with Gasteiger partial charge in [-0.3, -0.25) is 5.32 Å². The lowest BCUT2D eigenvalue weighted by atomic mass is 10.2. The van der Waals surface area contributed by atoms with Crippen LogP contribution in [0.15, 0.2) is 30.5 Å². The van der Waals surface area contributed by atoms with Crippen LogP contribution in [0.4, 0.5) is 10.5 Å². The van der Waals surface area contributed by atoms with E-state index in [1.165, 1.54) is 6.20 Å². The van der Waals surface area contributed by atoms with Crippen LogP contribution in [0.5, 0.6) is 0 Å². The molecule has 1 aromatic carbocycles. The highest BCUT2D eigenvalue weighted by molar-refractivity contribution is 6.33. The average Bonchev–Trinajstić information content (AvgIpc) is 2.98. The van der Waals surface area contributed by atoms with Crippen molar-refractivity contribution in [3.8, 4) is 17.5 Å². The van der Waals surface area contributed by atoms with Gasteiger partial charge in [-0.2, -0.15) is 5.26 Å². The van der Waals surface area contributed by atoms with Gasteiger partial charge < -0.3 is 9.72 Å². The van der Waals surface area contributed by atoms with Gasteiger partial charge in [-0.1, -0.05) is 11.6 Å². The van der Waals surface area contributed by atoms with Gasteiger partial charge in [0.1, 0.15) is 11.9 Å². The van der Waals surface area contributed by atoms with Crippen molar-refractivity contribution < 1.29 is 9.53 Å². The van der Waals surface area contributed by atoms with Crippen LogP contribution in [0.3, 0.4) is 0 Å². The number of amides is 1. The number of hydrogen-bond acceptors (Lipinski definition) is 5. The van der Waals surface area contributed by atoms with Crippen molar-refractivity contribution in [1.82, 2.24) is 15.0 Å². The second kappa shape index (κ2) is 6.79. The van der Waals surface area contributed by atoms with Crippen molar-refractivity contribution in [3.05, 3.63) is 41.0 Å². The van der Waals surface area contributed by atoms with E-state index < -0.39 is 6.09 Å². The molecule has 0 fully saturated rings. The molecule has 0 spiro atoms. The van der Waals surface area contributed by atoms with Crippen LogP contribution in [-0.4, -0.2) is 27.1 Å². The average molecular weight is 356 g/mol. The number of benzene rings is 1. The summed E-state index contributed by atoms with van der Waals surface area (Å²) in [7, 11) is 0. The van der Waals surface area contributed by atoms with Crippen molar-refractivity contribution in [2.75, 3.05) is 5.32 Å². The van der Waals surface area contributed by atoms with Gasteiger partial charge >= 0.3 is 6.09 Å². The van der Waals surface area contributed by atoms with Crippen molar-refractivity contribution in [1.29, 1.82) is 5.26 Å². The molecular formula is C17H14ClN5O2. The molecule has 0 saturated heterocycles. The third kappa shape index (κ3) is 3.70. The predicted octanol–water partition coefficient (Wildman–Crippen LogP) is 4.11. The highest BCUT2D eigenvalue weighted by Crippen LogP contribution is 2.30. The maximum Gasteiger partial charge on any atom is 0.411 e. The summed E-state index contributed by atoms with van der Waals surface area (Å²) in [4.78, 5) is 23.3. The number of nitriles is 1. The summed E-state index contributed by atoms with van der Waals surface area (Å²) in [6.07, 6.45) is 0.685. The zero-order chi connectivity index (χ0) is 18.0. The first-order valence-electron chi connectivity index (χ1n) is 7.49. The van der Waals surface area contributed by atoms with Crippen molar-refractivity contribution >= 4 is 34.5 Å². The molecule has 126 valence electrons. The lowest BCUT2D eigenvalue weighted by molar-refractivity contribution is 0.130. The fourth-order valence-electron chi connectivity index (χ4n) is 2.23. The Kier molecular flexibility index (Phi) is 4.55. The number of fused-ring (bicyclic) bond motifs is 1. The molecule has 0 aliphatic rings. The summed E-state index contributed by atoms with van der Waals surface area (Å²) in [5.74, 6) is 0.489. The zero-order valence-electron chi connectivity index (χ0n) is 13.5. The van der Waals surface area contributed by atoms with Crippen molar-refractivity contribution in [3.63, 3.8) is 0 Å². The third-order valence-corrected chi connectivity index (χ3v) is 3.61. The van der Waals surface area contributed by atoms with Gasteiger partial charge in [-0.05, 0) is 38.1 Å². The van der Waals surface area contributed by atoms with E-state index in [-0.39, 0.29) is 6.10 Å². The Morgan fingerprint density at radius 2 is 2.20 bits per heavy atom. The molecule has 8 heteroatoms. The smallest absolute Gasteiger partial charge is 0.411 e. The number of nitrogens with one attached hydrogen (secondary N) is 2. The zero-order valence-corrected chi connectivity index (χ0v) is 14.3. The van der Waals surface area contributed by atoms with E-state index in [1.54, 1.807) is 38.1 Å². The fourth-order valence-corrected chi connectivity index (χ4v) is 2.44. The quantitative estimate of drug-likeness (QED) is 0.735. The topological polar surface area (TPSA) is 104 Å². The number of rotatable bonds is 3. The van der Waals surface area contributed by atoms with Crippen molar-refractivity contribution in [2.45, 2.75) is 20.0 Å². The Hall–Kier alpha value is -3.11. The number of anilines is 1. The Balaban J connectivity index is 1.95. The van der Waals surface area contributed by atoms with Gasteiger partial charge in [0.15, 0.2) is 5.65 Å². The maximum atomic E-state index is 11.7. The molecule has 0 saturated carbocycles. The van der Waals surface area contributed by atoms with Crippen molar-refractivity contribution in [2.24, 2.45) is 0 Å². The third-order valence-electron chi connectivity index (χ3n) is 3.28. The molecule has 3 rings (SSSR count). The summed E-state index contributed by atoms with van der Waals surface area (Å²) < 4.78 is 5.06. The maximum absolute atomic E-state index is 11.7. The Bertz CT molecular complexity index is 990. The first kappa shape index (κ1) is 16.7. The summed E-state index contributed by atoms with van der Waals surface area (Å²) in [6, 6.07) is 8.70. The van der Waals surface area contributed by atoms with E-state index in [4.69, 9.17) is 21.6 Å². The standard InChI is InChI=1S/C17H14ClN5O2/c1-9(2)25-17(24)21-11-3-4-13(18)12(6-11)15-22-14-5-10(7-19)8-20-16(14)23-15/h3-6,8-9H,1-2H3,(H,21,24)(H,20,22,23). The van der Waals surface area contributed by atoms with E-state index in [1.807, 2.05) is 6.07 Å². The molecule has 0 unspecified atom stereocenters. The minimum absolute atomic E-state index is 0.220. The van der Waals surface area contributed by atoms with Crippen LogP contribution in [0, 0.1) is 11.3 Å². The Morgan fingerprint density at radius 1 is 1.40 bits per heavy atom. The molecule has 0 atom stereocenters. The largest absolute Gasteiger partial charge is 0.447 e. The first-order valence-corrected chi connectivity index (χ1v) is 7.87. The van der Waals surface area contributed by atoms with Crippen LogP contribution in [0.1, 0.15) is 19.4 Å². The van der Waals surface area contributed by atoms with Crippen LogP contribution >= 0.6 is 11.6 Å². The molecule has 0 radical (unpaired) electrons. The van der Waals surface area contributed by atoms with Crippen LogP contribution in [0.25, 0.3) is 22.6 Å². The molecular weight excluding hydrogens is 342 g/mol. The molecule has 0 aliphatic carbocycles. The second-order valence-corrected chi connectivity index (χ2v) is 5.97. The highest BCUT2D eigenvalue weighted by Gasteiger charge is 2.13. The van der Waals surface area contributed by atoms with Gasteiger partial charge in [-0.15, -0.1) is 0 Å². The lowest BCUT2D eigenvalue weighted by Gasteiger charge is -2.10. The van der Waals surface area contributed by atoms with Gasteiger partial charge in [0.05, 0.1) is 22.2 Å². The number of H-pyrrole nitrogens is 1. The van der Waals surface area contributed by atoms with Gasteiger partial charge in [0.2, 0.25) is 0 Å². The highest BCUT2D eigenvalue weighted by atomic mass is 35.5. The minimum atomic E-state index is -0.548. The molecule has 3 aromatic rings. The van der Waals surface area contributed by atoms with Gasteiger partial charge in [-0.25, -0.2) is 14.8 Å². The normalized spacial score (nSPS) is 10.7. The van der Waals surface area contributed by atoms with Gasteiger partial charge in [0, 0.05) is 17.4 Å². The molecule has 2 N–H and O–H groups in total. The number of aromatic amines is 1. The van der Waals surface area contributed by atoms with Crippen LogP contribution in [-0.2, 0) is 4.74 Å². The van der Waals surface area contributed by atoms with Crippen LogP contribution < -0.4 is 5.32 Å². The molecule has 7 nitrogen and oxygen atoms in total. The molecule has 1 amide bonds. The number of aromatic nitrogens is 3. The minimum Gasteiger partial charge on any atom is -0.447 e. The summed E-state index contributed by atoms with van der Waals surface area (Å²) in [5.41, 5.74) is 2.66. The van der Waals surface area contributed by atoms with E-state index in [9.17, 15) is 4.79 Å². The van der Waals surface area contributed by atoms with Crippen LogP contribution in [0.2, 0.25) is 5.02 Å². The number of ether oxygens (including phenoxy) is 1. The Morgan fingerprint density at radius 3 is 2.92 bits per heavy atom. The van der Waals surface area contributed by atoms with E-state index >= 15 is 0 Å². The second-order valence-electron chi connectivity index (χ2n) is 5.57. The number of imidazole rings is 1. The molecule has 2 heterocycles. The van der Waals surface area contributed by atoms with E-state index in [0.717, 1.165) is 0 Å². The number of carbonyl (C=O) groups excluding carboxylic acids is 1. The van der Waals surface area contributed by atoms with Gasteiger partial charge in [0.25, 0.3) is 0 Å². The fraction of sp³-hybridized carbons (Fsp3) is 0.176.